The van der Waals surface area contributed by atoms with Crippen LogP contribution in [0.5, 0.6) is 0 Å². The first-order valence-corrected chi connectivity index (χ1v) is 7.87. The number of hydrogen-bond acceptors (Lipinski definition) is 2. The third-order valence-corrected chi connectivity index (χ3v) is 4.79. The molecule has 0 saturated heterocycles. The molecule has 19 heavy (non-hydrogen) atoms. The lowest BCUT2D eigenvalue weighted by Crippen LogP contribution is -2.22. The molecule has 102 valence electrons. The van der Waals surface area contributed by atoms with Crippen LogP contribution in [0.25, 0.3) is 0 Å². The third-order valence-electron chi connectivity index (χ3n) is 3.17. The van der Waals surface area contributed by atoms with Crippen LogP contribution in [-0.4, -0.2) is 6.54 Å². The maximum atomic E-state index is 6.21. The quantitative estimate of drug-likeness (QED) is 0.808. The molecule has 2 aromatic rings. The molecular formula is C16H20ClNS. The fourth-order valence-electron chi connectivity index (χ4n) is 2.06. The SMILES string of the molecule is CCCNC(c1ccc(C)cc1)c1cc(C)c(Cl)s1. The molecule has 0 bridgehead atoms. The minimum Gasteiger partial charge on any atom is -0.306 e. The minimum atomic E-state index is 0.247. The predicted molar refractivity (Wildman–Crippen MR) is 85.4 cm³/mol. The Labute approximate surface area is 124 Å². The number of rotatable bonds is 5. The van der Waals surface area contributed by atoms with Gasteiger partial charge in [0.2, 0.25) is 0 Å². The van der Waals surface area contributed by atoms with E-state index in [0.717, 1.165) is 22.9 Å². The zero-order valence-electron chi connectivity index (χ0n) is 11.7. The Kier molecular flexibility index (Phi) is 5.03. The van der Waals surface area contributed by atoms with Crippen molar-refractivity contribution in [3.8, 4) is 0 Å². The number of hydrogen-bond donors (Lipinski definition) is 1. The second kappa shape index (κ2) is 6.56. The zero-order valence-corrected chi connectivity index (χ0v) is 13.2. The van der Waals surface area contributed by atoms with Crippen molar-refractivity contribution in [2.24, 2.45) is 0 Å². The highest BCUT2D eigenvalue weighted by molar-refractivity contribution is 7.16. The molecule has 0 aliphatic carbocycles. The van der Waals surface area contributed by atoms with E-state index in [1.54, 1.807) is 11.3 Å². The molecule has 0 saturated carbocycles. The van der Waals surface area contributed by atoms with Crippen LogP contribution in [0.2, 0.25) is 4.34 Å². The van der Waals surface area contributed by atoms with E-state index in [2.05, 4.69) is 56.4 Å². The molecule has 3 heteroatoms. The number of halogens is 1. The summed E-state index contributed by atoms with van der Waals surface area (Å²) in [7, 11) is 0. The first-order valence-electron chi connectivity index (χ1n) is 6.67. The van der Waals surface area contributed by atoms with Crippen molar-refractivity contribution in [3.05, 3.63) is 56.2 Å². The summed E-state index contributed by atoms with van der Waals surface area (Å²) in [6.07, 6.45) is 1.13. The van der Waals surface area contributed by atoms with E-state index in [1.807, 2.05) is 0 Å². The van der Waals surface area contributed by atoms with Gasteiger partial charge in [0.1, 0.15) is 0 Å². The van der Waals surface area contributed by atoms with Gasteiger partial charge >= 0.3 is 0 Å². The second-order valence-electron chi connectivity index (χ2n) is 4.90. The molecule has 1 heterocycles. The van der Waals surface area contributed by atoms with Crippen molar-refractivity contribution in [1.82, 2.24) is 5.32 Å². The highest BCUT2D eigenvalue weighted by Gasteiger charge is 2.16. The Morgan fingerprint density at radius 3 is 2.42 bits per heavy atom. The first-order chi connectivity index (χ1) is 9.11. The summed E-state index contributed by atoms with van der Waals surface area (Å²) in [4.78, 5) is 1.29. The van der Waals surface area contributed by atoms with Crippen LogP contribution in [0.1, 0.15) is 41.0 Å². The van der Waals surface area contributed by atoms with Crippen LogP contribution >= 0.6 is 22.9 Å². The summed E-state index contributed by atoms with van der Waals surface area (Å²) in [5.41, 5.74) is 3.76. The van der Waals surface area contributed by atoms with Crippen LogP contribution < -0.4 is 5.32 Å². The number of aryl methyl sites for hydroxylation is 2. The Morgan fingerprint density at radius 2 is 1.89 bits per heavy atom. The van der Waals surface area contributed by atoms with Crippen LogP contribution in [0, 0.1) is 13.8 Å². The maximum absolute atomic E-state index is 6.21. The normalized spacial score (nSPS) is 12.6. The molecule has 1 atom stereocenters. The van der Waals surface area contributed by atoms with E-state index in [0.29, 0.717) is 0 Å². The second-order valence-corrected chi connectivity index (χ2v) is 6.59. The summed E-state index contributed by atoms with van der Waals surface area (Å²) < 4.78 is 0.894. The number of benzene rings is 1. The van der Waals surface area contributed by atoms with E-state index in [9.17, 15) is 0 Å². The molecule has 1 nitrogen and oxygen atoms in total. The van der Waals surface area contributed by atoms with Crippen molar-refractivity contribution in [2.75, 3.05) is 6.54 Å². The van der Waals surface area contributed by atoms with Gasteiger partial charge in [0.05, 0.1) is 10.4 Å². The van der Waals surface area contributed by atoms with E-state index in [1.165, 1.54) is 16.0 Å². The number of nitrogens with one attached hydrogen (secondary N) is 1. The van der Waals surface area contributed by atoms with Gasteiger partial charge in [-0.2, -0.15) is 0 Å². The Balaban J connectivity index is 2.32. The highest BCUT2D eigenvalue weighted by Crippen LogP contribution is 2.34. The van der Waals surface area contributed by atoms with Crippen molar-refractivity contribution >= 4 is 22.9 Å². The number of thiophene rings is 1. The van der Waals surface area contributed by atoms with Crippen LogP contribution in [0.3, 0.4) is 0 Å². The van der Waals surface area contributed by atoms with Gasteiger partial charge in [-0.25, -0.2) is 0 Å². The summed E-state index contributed by atoms with van der Waals surface area (Å²) in [6, 6.07) is 11.2. The Hall–Kier alpha value is -0.830. The lowest BCUT2D eigenvalue weighted by molar-refractivity contribution is 0.605. The van der Waals surface area contributed by atoms with Gasteiger partial charge in [0.25, 0.3) is 0 Å². The smallest absolute Gasteiger partial charge is 0.0961 e. The van der Waals surface area contributed by atoms with E-state index < -0.39 is 0 Å². The summed E-state index contributed by atoms with van der Waals surface area (Å²) in [6.45, 7) is 7.37. The van der Waals surface area contributed by atoms with Crippen molar-refractivity contribution < 1.29 is 0 Å². The highest BCUT2D eigenvalue weighted by atomic mass is 35.5. The molecule has 0 aliphatic rings. The molecule has 0 spiro atoms. The van der Waals surface area contributed by atoms with E-state index in [-0.39, 0.29) is 6.04 Å². The molecule has 1 aromatic carbocycles. The van der Waals surface area contributed by atoms with Crippen molar-refractivity contribution in [3.63, 3.8) is 0 Å². The summed E-state index contributed by atoms with van der Waals surface area (Å²) in [5.74, 6) is 0. The molecule has 2 rings (SSSR count). The maximum Gasteiger partial charge on any atom is 0.0961 e. The monoisotopic (exact) mass is 293 g/mol. The molecular weight excluding hydrogens is 274 g/mol. The molecule has 0 amide bonds. The van der Waals surface area contributed by atoms with Gasteiger partial charge in [0.15, 0.2) is 0 Å². The fourth-order valence-corrected chi connectivity index (χ4v) is 3.38. The molecule has 0 aliphatic heterocycles. The van der Waals surface area contributed by atoms with E-state index in [4.69, 9.17) is 11.6 Å². The molecule has 1 aromatic heterocycles. The lowest BCUT2D eigenvalue weighted by Gasteiger charge is -2.18. The van der Waals surface area contributed by atoms with E-state index >= 15 is 0 Å². The average Bonchev–Trinajstić information content (AvgIpc) is 2.72. The third kappa shape index (κ3) is 3.59. The van der Waals surface area contributed by atoms with Gasteiger partial charge < -0.3 is 5.32 Å². The predicted octanol–water partition coefficient (Wildman–Crippen LogP) is 5.11. The van der Waals surface area contributed by atoms with Gasteiger partial charge in [-0.05, 0) is 44.0 Å². The summed E-state index contributed by atoms with van der Waals surface area (Å²) in [5, 5.41) is 3.61. The first kappa shape index (κ1) is 14.6. The Morgan fingerprint density at radius 1 is 1.21 bits per heavy atom. The van der Waals surface area contributed by atoms with Crippen molar-refractivity contribution in [2.45, 2.75) is 33.2 Å². The molecule has 1 N–H and O–H groups in total. The van der Waals surface area contributed by atoms with Gasteiger partial charge in [-0.15, -0.1) is 11.3 Å². The van der Waals surface area contributed by atoms with Crippen LogP contribution in [0.4, 0.5) is 0 Å². The average molecular weight is 294 g/mol. The standard InChI is InChI=1S/C16H20ClNS/c1-4-9-18-15(13-7-5-11(2)6-8-13)14-10-12(3)16(17)19-14/h5-8,10,15,18H,4,9H2,1-3H3. The topological polar surface area (TPSA) is 12.0 Å². The minimum absolute atomic E-state index is 0.247. The fraction of sp³-hybridized carbons (Fsp3) is 0.375. The summed E-state index contributed by atoms with van der Waals surface area (Å²) >= 11 is 7.89. The van der Waals surface area contributed by atoms with Gasteiger partial charge in [0, 0.05) is 4.88 Å². The van der Waals surface area contributed by atoms with Gasteiger partial charge in [-0.3, -0.25) is 0 Å². The van der Waals surface area contributed by atoms with Crippen LogP contribution in [0.15, 0.2) is 30.3 Å². The molecule has 1 unspecified atom stereocenters. The van der Waals surface area contributed by atoms with Gasteiger partial charge in [-0.1, -0.05) is 48.4 Å². The largest absolute Gasteiger partial charge is 0.306 e. The van der Waals surface area contributed by atoms with Crippen molar-refractivity contribution in [1.29, 1.82) is 0 Å². The molecule has 0 fully saturated rings. The van der Waals surface area contributed by atoms with Crippen LogP contribution in [-0.2, 0) is 0 Å². The lowest BCUT2D eigenvalue weighted by atomic mass is 10.0. The Bertz CT molecular complexity index is 511. The zero-order chi connectivity index (χ0) is 13.8. The molecule has 0 radical (unpaired) electrons.